The van der Waals surface area contributed by atoms with Crippen LogP contribution in [0.5, 0.6) is 0 Å². The SMILES string of the molecule is CCC1CCCCC1Sc1cccc(CNC(C)(C)C)c1. The zero-order valence-corrected chi connectivity index (χ0v) is 14.9. The maximum atomic E-state index is 3.58. The number of rotatable bonds is 5. The van der Waals surface area contributed by atoms with Crippen molar-refractivity contribution in [1.82, 2.24) is 5.32 Å². The highest BCUT2D eigenvalue weighted by Gasteiger charge is 2.24. The average molecular weight is 306 g/mol. The van der Waals surface area contributed by atoms with Gasteiger partial charge in [-0.2, -0.15) is 0 Å². The van der Waals surface area contributed by atoms with Crippen LogP contribution in [-0.4, -0.2) is 10.8 Å². The molecule has 2 rings (SSSR count). The van der Waals surface area contributed by atoms with E-state index in [1.165, 1.54) is 42.6 Å². The lowest BCUT2D eigenvalue weighted by atomic mass is 9.87. The van der Waals surface area contributed by atoms with Crippen molar-refractivity contribution in [3.8, 4) is 0 Å². The molecule has 118 valence electrons. The molecule has 0 radical (unpaired) electrons. The Hall–Kier alpha value is -0.470. The van der Waals surface area contributed by atoms with Crippen molar-refractivity contribution in [2.75, 3.05) is 0 Å². The van der Waals surface area contributed by atoms with E-state index in [1.807, 2.05) is 0 Å². The summed E-state index contributed by atoms with van der Waals surface area (Å²) in [4.78, 5) is 1.45. The number of thioether (sulfide) groups is 1. The summed E-state index contributed by atoms with van der Waals surface area (Å²) >= 11 is 2.12. The van der Waals surface area contributed by atoms with Crippen LogP contribution >= 0.6 is 11.8 Å². The molecule has 0 saturated heterocycles. The highest BCUT2D eigenvalue weighted by molar-refractivity contribution is 8.00. The van der Waals surface area contributed by atoms with Crippen LogP contribution in [0.25, 0.3) is 0 Å². The number of nitrogens with one attached hydrogen (secondary N) is 1. The van der Waals surface area contributed by atoms with Crippen molar-refractivity contribution >= 4 is 11.8 Å². The molecule has 2 heteroatoms. The fraction of sp³-hybridized carbons (Fsp3) is 0.684. The molecule has 0 heterocycles. The highest BCUT2D eigenvalue weighted by Crippen LogP contribution is 2.39. The van der Waals surface area contributed by atoms with Crippen LogP contribution in [0.15, 0.2) is 29.2 Å². The van der Waals surface area contributed by atoms with Crippen LogP contribution in [0.1, 0.15) is 65.4 Å². The zero-order chi connectivity index (χ0) is 15.3. The molecule has 0 spiro atoms. The molecule has 0 amide bonds. The van der Waals surface area contributed by atoms with E-state index >= 15 is 0 Å². The summed E-state index contributed by atoms with van der Waals surface area (Å²) in [5.74, 6) is 0.917. The monoisotopic (exact) mass is 305 g/mol. The number of benzene rings is 1. The second kappa shape index (κ2) is 7.69. The molecule has 1 aliphatic rings. The second-order valence-electron chi connectivity index (χ2n) is 7.36. The molecule has 0 aliphatic heterocycles. The van der Waals surface area contributed by atoms with Gasteiger partial charge in [-0.1, -0.05) is 38.3 Å². The summed E-state index contributed by atoms with van der Waals surface area (Å²) in [6.07, 6.45) is 7.01. The highest BCUT2D eigenvalue weighted by atomic mass is 32.2. The van der Waals surface area contributed by atoms with Gasteiger partial charge in [0.2, 0.25) is 0 Å². The summed E-state index contributed by atoms with van der Waals surface area (Å²) in [5.41, 5.74) is 1.58. The van der Waals surface area contributed by atoms with Gasteiger partial charge in [0.25, 0.3) is 0 Å². The van der Waals surface area contributed by atoms with Crippen LogP contribution in [0, 0.1) is 5.92 Å². The van der Waals surface area contributed by atoms with E-state index in [4.69, 9.17) is 0 Å². The predicted molar refractivity (Wildman–Crippen MR) is 94.9 cm³/mol. The van der Waals surface area contributed by atoms with Gasteiger partial charge in [-0.15, -0.1) is 11.8 Å². The van der Waals surface area contributed by atoms with E-state index in [0.29, 0.717) is 0 Å². The van der Waals surface area contributed by atoms with Crippen LogP contribution in [0.3, 0.4) is 0 Å². The van der Waals surface area contributed by atoms with Gasteiger partial charge >= 0.3 is 0 Å². The molecule has 21 heavy (non-hydrogen) atoms. The first-order valence-electron chi connectivity index (χ1n) is 8.48. The third kappa shape index (κ3) is 5.67. The maximum Gasteiger partial charge on any atom is 0.0210 e. The Morgan fingerprint density at radius 2 is 1.95 bits per heavy atom. The zero-order valence-electron chi connectivity index (χ0n) is 14.1. The van der Waals surface area contributed by atoms with Gasteiger partial charge in [-0.3, -0.25) is 0 Å². The molecule has 1 aliphatic carbocycles. The Balaban J connectivity index is 1.97. The summed E-state index contributed by atoms with van der Waals surface area (Å²) < 4.78 is 0. The predicted octanol–water partition coefficient (Wildman–Crippen LogP) is 5.64. The minimum atomic E-state index is 0.180. The van der Waals surface area contributed by atoms with Crippen molar-refractivity contribution in [2.24, 2.45) is 5.92 Å². The van der Waals surface area contributed by atoms with E-state index in [9.17, 15) is 0 Å². The third-order valence-corrected chi connectivity index (χ3v) is 5.82. The van der Waals surface area contributed by atoms with Crippen molar-refractivity contribution in [3.63, 3.8) is 0 Å². The molecular weight excluding hydrogens is 274 g/mol. The first-order valence-corrected chi connectivity index (χ1v) is 9.36. The van der Waals surface area contributed by atoms with Crippen LogP contribution in [0.2, 0.25) is 0 Å². The fourth-order valence-corrected chi connectivity index (χ4v) is 4.60. The Morgan fingerprint density at radius 3 is 2.67 bits per heavy atom. The lowest BCUT2D eigenvalue weighted by Gasteiger charge is -2.30. The largest absolute Gasteiger partial charge is 0.308 e. The normalized spacial score (nSPS) is 23.2. The minimum Gasteiger partial charge on any atom is -0.308 e. The summed E-state index contributed by atoms with van der Waals surface area (Å²) in [5, 5.41) is 4.41. The molecule has 1 aromatic carbocycles. The number of hydrogen-bond acceptors (Lipinski definition) is 2. The second-order valence-corrected chi connectivity index (χ2v) is 8.67. The van der Waals surface area contributed by atoms with Crippen LogP contribution < -0.4 is 5.32 Å². The van der Waals surface area contributed by atoms with Gasteiger partial charge in [-0.25, -0.2) is 0 Å². The standard InChI is InChI=1S/C19H31NS/c1-5-16-10-6-7-12-18(16)21-17-11-8-9-15(13-17)14-20-19(2,3)4/h8-9,11,13,16,18,20H,5-7,10,12,14H2,1-4H3. The summed E-state index contributed by atoms with van der Waals surface area (Å²) in [6.45, 7) is 9.98. The van der Waals surface area contributed by atoms with E-state index < -0.39 is 0 Å². The van der Waals surface area contributed by atoms with Crippen molar-refractivity contribution in [1.29, 1.82) is 0 Å². The lowest BCUT2D eigenvalue weighted by Crippen LogP contribution is -2.35. The molecule has 1 N–H and O–H groups in total. The Kier molecular flexibility index (Phi) is 6.19. The van der Waals surface area contributed by atoms with Crippen LogP contribution in [-0.2, 0) is 6.54 Å². The van der Waals surface area contributed by atoms with Gasteiger partial charge in [0.05, 0.1) is 0 Å². The average Bonchev–Trinajstić information content (AvgIpc) is 2.45. The van der Waals surface area contributed by atoms with Gasteiger partial charge in [0.15, 0.2) is 0 Å². The van der Waals surface area contributed by atoms with Gasteiger partial charge in [0.1, 0.15) is 0 Å². The fourth-order valence-electron chi connectivity index (χ4n) is 3.07. The first-order chi connectivity index (χ1) is 9.98. The van der Waals surface area contributed by atoms with Crippen molar-refractivity contribution < 1.29 is 0 Å². The molecule has 1 fully saturated rings. The minimum absolute atomic E-state index is 0.180. The topological polar surface area (TPSA) is 12.0 Å². The maximum absolute atomic E-state index is 3.58. The van der Waals surface area contributed by atoms with E-state index in [2.05, 4.69) is 69.0 Å². The van der Waals surface area contributed by atoms with E-state index in [-0.39, 0.29) is 5.54 Å². The Labute approximate surface area is 135 Å². The molecular formula is C19H31NS. The smallest absolute Gasteiger partial charge is 0.0210 e. The van der Waals surface area contributed by atoms with Gasteiger partial charge < -0.3 is 5.32 Å². The van der Waals surface area contributed by atoms with Crippen molar-refractivity contribution in [2.45, 2.75) is 82.0 Å². The number of hydrogen-bond donors (Lipinski definition) is 1. The summed E-state index contributed by atoms with van der Waals surface area (Å²) in [6, 6.07) is 9.12. The van der Waals surface area contributed by atoms with E-state index in [0.717, 1.165) is 17.7 Å². The Bertz CT molecular complexity index is 435. The summed E-state index contributed by atoms with van der Waals surface area (Å²) in [7, 11) is 0. The Morgan fingerprint density at radius 1 is 1.19 bits per heavy atom. The molecule has 1 aromatic rings. The van der Waals surface area contributed by atoms with Crippen molar-refractivity contribution in [3.05, 3.63) is 29.8 Å². The molecule has 0 aromatic heterocycles. The molecule has 2 unspecified atom stereocenters. The molecule has 1 nitrogen and oxygen atoms in total. The quantitative estimate of drug-likeness (QED) is 0.756. The van der Waals surface area contributed by atoms with Gasteiger partial charge in [-0.05, 0) is 57.2 Å². The van der Waals surface area contributed by atoms with Crippen LogP contribution in [0.4, 0.5) is 0 Å². The first kappa shape index (κ1) is 16.9. The lowest BCUT2D eigenvalue weighted by molar-refractivity contribution is 0.361. The third-order valence-electron chi connectivity index (χ3n) is 4.37. The molecule has 2 atom stereocenters. The molecule has 0 bridgehead atoms. The molecule has 1 saturated carbocycles. The van der Waals surface area contributed by atoms with E-state index in [1.54, 1.807) is 0 Å². The van der Waals surface area contributed by atoms with Gasteiger partial charge in [0, 0.05) is 22.2 Å².